The van der Waals surface area contributed by atoms with Crippen LogP contribution in [0.25, 0.3) is 6.08 Å². The minimum atomic E-state index is -0.197. The van der Waals surface area contributed by atoms with Crippen LogP contribution in [0.2, 0.25) is 0 Å². The number of hydrogen-bond acceptors (Lipinski definition) is 4. The standard InChI is InChI=1S/C11H10N2O2S/c1-16-11-12-9(10(15)13-11)6-7-2-4-8(14)5-3-7/h2-6,14H,1H3,(H,12,13,15)/b9-6-. The zero-order chi connectivity index (χ0) is 11.5. The lowest BCUT2D eigenvalue weighted by Gasteiger charge is -1.95. The topological polar surface area (TPSA) is 61.7 Å². The van der Waals surface area contributed by atoms with Crippen molar-refractivity contribution < 1.29 is 9.90 Å². The predicted molar refractivity (Wildman–Crippen MR) is 65.2 cm³/mol. The van der Waals surface area contributed by atoms with Crippen molar-refractivity contribution in [2.75, 3.05) is 6.26 Å². The summed E-state index contributed by atoms with van der Waals surface area (Å²) in [5.74, 6) is 0.00347. The summed E-state index contributed by atoms with van der Waals surface area (Å²) in [4.78, 5) is 15.6. The number of phenols is 1. The Bertz CT molecular complexity index is 477. The maximum Gasteiger partial charge on any atom is 0.275 e. The smallest absolute Gasteiger partial charge is 0.275 e. The van der Waals surface area contributed by atoms with Gasteiger partial charge in [-0.2, -0.15) is 0 Å². The molecule has 0 aliphatic carbocycles. The quantitative estimate of drug-likeness (QED) is 0.725. The van der Waals surface area contributed by atoms with Crippen LogP contribution in [0.1, 0.15) is 5.56 Å². The zero-order valence-electron chi connectivity index (χ0n) is 8.60. The van der Waals surface area contributed by atoms with Crippen molar-refractivity contribution in [2.45, 2.75) is 0 Å². The Labute approximate surface area is 97.1 Å². The lowest BCUT2D eigenvalue weighted by molar-refractivity contribution is -0.115. The van der Waals surface area contributed by atoms with Gasteiger partial charge in [0.2, 0.25) is 0 Å². The molecule has 16 heavy (non-hydrogen) atoms. The summed E-state index contributed by atoms with van der Waals surface area (Å²) in [6, 6.07) is 6.58. The van der Waals surface area contributed by atoms with Crippen LogP contribution < -0.4 is 5.32 Å². The van der Waals surface area contributed by atoms with E-state index in [-0.39, 0.29) is 11.7 Å². The van der Waals surface area contributed by atoms with Crippen LogP contribution in [0.15, 0.2) is 35.0 Å². The van der Waals surface area contributed by atoms with Gasteiger partial charge in [-0.15, -0.1) is 0 Å². The van der Waals surface area contributed by atoms with E-state index >= 15 is 0 Å². The van der Waals surface area contributed by atoms with Crippen LogP contribution in [-0.4, -0.2) is 22.4 Å². The highest BCUT2D eigenvalue weighted by Gasteiger charge is 2.18. The van der Waals surface area contributed by atoms with Gasteiger partial charge in [-0.25, -0.2) is 4.99 Å². The molecule has 0 radical (unpaired) electrons. The van der Waals surface area contributed by atoms with Crippen molar-refractivity contribution in [3.8, 4) is 5.75 Å². The van der Waals surface area contributed by atoms with Crippen molar-refractivity contribution >= 4 is 28.9 Å². The lowest BCUT2D eigenvalue weighted by Crippen LogP contribution is -2.21. The molecule has 1 amide bonds. The third-order valence-electron chi connectivity index (χ3n) is 2.06. The molecule has 2 rings (SSSR count). The molecule has 0 saturated carbocycles. The first-order valence-electron chi connectivity index (χ1n) is 4.64. The summed E-state index contributed by atoms with van der Waals surface area (Å²) >= 11 is 1.39. The number of nitrogens with zero attached hydrogens (tertiary/aromatic N) is 1. The Balaban J connectivity index is 2.28. The zero-order valence-corrected chi connectivity index (χ0v) is 9.41. The fraction of sp³-hybridized carbons (Fsp3) is 0.0909. The minimum absolute atomic E-state index is 0.197. The number of amidine groups is 1. The Morgan fingerprint density at radius 1 is 1.38 bits per heavy atom. The average Bonchev–Trinajstić information content (AvgIpc) is 2.63. The second-order valence-electron chi connectivity index (χ2n) is 3.20. The second kappa shape index (κ2) is 4.40. The lowest BCUT2D eigenvalue weighted by atomic mass is 10.2. The fourth-order valence-electron chi connectivity index (χ4n) is 1.27. The molecule has 1 aromatic rings. The Morgan fingerprint density at radius 2 is 2.06 bits per heavy atom. The first-order chi connectivity index (χ1) is 7.69. The largest absolute Gasteiger partial charge is 0.508 e. The SMILES string of the molecule is CSC1=N/C(=C\c2ccc(O)cc2)C(=O)N1. The van der Waals surface area contributed by atoms with Crippen LogP contribution in [0.4, 0.5) is 0 Å². The monoisotopic (exact) mass is 234 g/mol. The maximum absolute atomic E-state index is 11.5. The first-order valence-corrected chi connectivity index (χ1v) is 5.86. The number of aromatic hydroxyl groups is 1. The molecule has 5 heteroatoms. The van der Waals surface area contributed by atoms with E-state index in [1.165, 1.54) is 11.8 Å². The molecule has 1 aliphatic heterocycles. The molecule has 1 heterocycles. The van der Waals surface area contributed by atoms with Gasteiger partial charge in [-0.1, -0.05) is 23.9 Å². The van der Waals surface area contributed by atoms with Crippen LogP contribution in [0, 0.1) is 0 Å². The molecule has 0 unspecified atom stereocenters. The van der Waals surface area contributed by atoms with Crippen molar-refractivity contribution in [3.05, 3.63) is 35.5 Å². The molecule has 4 nitrogen and oxygen atoms in total. The highest BCUT2D eigenvalue weighted by molar-refractivity contribution is 8.13. The number of nitrogens with one attached hydrogen (secondary N) is 1. The highest BCUT2D eigenvalue weighted by atomic mass is 32.2. The van der Waals surface area contributed by atoms with Gasteiger partial charge in [-0.05, 0) is 30.0 Å². The third-order valence-corrected chi connectivity index (χ3v) is 2.64. The molecule has 0 saturated heterocycles. The predicted octanol–water partition coefficient (Wildman–Crippen LogP) is 1.58. The van der Waals surface area contributed by atoms with Gasteiger partial charge < -0.3 is 5.11 Å². The Kier molecular flexibility index (Phi) is 2.96. The number of phenolic OH excluding ortho intramolecular Hbond substituents is 1. The number of carbonyl (C=O) groups excluding carboxylic acids is 1. The molecule has 2 N–H and O–H groups in total. The summed E-state index contributed by atoms with van der Waals surface area (Å²) in [6.45, 7) is 0. The third kappa shape index (κ3) is 2.25. The maximum atomic E-state index is 11.5. The van der Waals surface area contributed by atoms with Gasteiger partial charge in [0.05, 0.1) is 0 Å². The molecule has 0 atom stereocenters. The molecule has 0 bridgehead atoms. The minimum Gasteiger partial charge on any atom is -0.508 e. The Morgan fingerprint density at radius 3 is 2.62 bits per heavy atom. The number of thioether (sulfide) groups is 1. The molecule has 0 aromatic heterocycles. The van der Waals surface area contributed by atoms with Crippen LogP contribution in [-0.2, 0) is 4.79 Å². The van der Waals surface area contributed by atoms with Crippen molar-refractivity contribution in [3.63, 3.8) is 0 Å². The summed E-state index contributed by atoms with van der Waals surface area (Å²) < 4.78 is 0. The molecular formula is C11H10N2O2S. The van der Waals surface area contributed by atoms with E-state index < -0.39 is 0 Å². The van der Waals surface area contributed by atoms with E-state index in [9.17, 15) is 4.79 Å². The number of aliphatic imine (C=N–C) groups is 1. The van der Waals surface area contributed by atoms with Gasteiger partial charge in [0, 0.05) is 0 Å². The van der Waals surface area contributed by atoms with Crippen molar-refractivity contribution in [2.24, 2.45) is 4.99 Å². The van der Waals surface area contributed by atoms with Gasteiger partial charge >= 0.3 is 0 Å². The first kappa shape index (κ1) is 10.8. The highest BCUT2D eigenvalue weighted by Crippen LogP contribution is 2.16. The van der Waals surface area contributed by atoms with Crippen LogP contribution >= 0.6 is 11.8 Å². The Hall–Kier alpha value is -1.75. The summed E-state index contributed by atoms with van der Waals surface area (Å²) in [6.07, 6.45) is 3.53. The summed E-state index contributed by atoms with van der Waals surface area (Å²) in [5, 5.41) is 12.4. The summed E-state index contributed by atoms with van der Waals surface area (Å²) in [7, 11) is 0. The molecule has 1 aliphatic rings. The van der Waals surface area contributed by atoms with Crippen molar-refractivity contribution in [1.29, 1.82) is 0 Å². The molecule has 82 valence electrons. The summed E-state index contributed by atoms with van der Waals surface area (Å²) in [5.41, 5.74) is 1.21. The van der Waals surface area contributed by atoms with Crippen molar-refractivity contribution in [1.82, 2.24) is 5.32 Å². The van der Waals surface area contributed by atoms with E-state index in [2.05, 4.69) is 10.3 Å². The molecule has 0 spiro atoms. The van der Waals surface area contributed by atoms with Crippen LogP contribution in [0.5, 0.6) is 5.75 Å². The average molecular weight is 234 g/mol. The number of rotatable bonds is 1. The van der Waals surface area contributed by atoms with Gasteiger partial charge in [0.25, 0.3) is 5.91 Å². The van der Waals surface area contributed by atoms with E-state index in [0.29, 0.717) is 10.9 Å². The van der Waals surface area contributed by atoms with Gasteiger partial charge in [0.15, 0.2) is 5.17 Å². The normalized spacial score (nSPS) is 17.4. The number of hydrogen-bond donors (Lipinski definition) is 2. The molecular weight excluding hydrogens is 224 g/mol. The van der Waals surface area contributed by atoms with E-state index in [4.69, 9.17) is 5.11 Å². The van der Waals surface area contributed by atoms with Gasteiger partial charge in [-0.3, -0.25) is 10.1 Å². The number of carbonyl (C=O) groups is 1. The molecule has 0 fully saturated rings. The van der Waals surface area contributed by atoms with E-state index in [1.54, 1.807) is 30.3 Å². The van der Waals surface area contributed by atoms with E-state index in [0.717, 1.165) is 5.56 Å². The van der Waals surface area contributed by atoms with Crippen LogP contribution in [0.3, 0.4) is 0 Å². The second-order valence-corrected chi connectivity index (χ2v) is 3.99. The van der Waals surface area contributed by atoms with E-state index in [1.807, 2.05) is 6.26 Å². The molecule has 1 aromatic carbocycles. The number of amides is 1. The van der Waals surface area contributed by atoms with Gasteiger partial charge in [0.1, 0.15) is 11.4 Å². The fourth-order valence-corrected chi connectivity index (χ4v) is 1.66. The number of benzene rings is 1.